The van der Waals surface area contributed by atoms with Crippen molar-refractivity contribution < 1.29 is 4.79 Å². The molecule has 0 spiro atoms. The number of halogens is 1. The Balaban J connectivity index is 1.33. The summed E-state index contributed by atoms with van der Waals surface area (Å²) in [5.74, 6) is 0.518. The molecule has 168 valence electrons. The maximum Gasteiger partial charge on any atom is 0.254 e. The SMILES string of the molecule is Cc1nc(SCc2ccccc2)[nH]c(=O)c1CCC(=O)Nc1nc(-c2ccc(Cl)cc2)cs1. The van der Waals surface area contributed by atoms with Gasteiger partial charge in [0, 0.05) is 39.4 Å². The van der Waals surface area contributed by atoms with E-state index in [0.717, 1.165) is 22.6 Å². The number of rotatable bonds is 8. The standard InChI is InChI=1S/C24H21ClN4O2S2/c1-15-19(22(31)29-23(26-15)32-13-16-5-3-2-4-6-16)11-12-21(30)28-24-27-20(14-33-24)17-7-9-18(25)10-8-17/h2-10,14H,11-13H2,1H3,(H,26,29,31)(H,27,28,30). The number of amides is 1. The van der Waals surface area contributed by atoms with E-state index in [0.29, 0.717) is 33.0 Å². The van der Waals surface area contributed by atoms with Gasteiger partial charge >= 0.3 is 0 Å². The lowest BCUT2D eigenvalue weighted by atomic mass is 10.1. The quantitative estimate of drug-likeness (QED) is 0.240. The van der Waals surface area contributed by atoms with Gasteiger partial charge in [-0.2, -0.15) is 0 Å². The van der Waals surface area contributed by atoms with Crippen LogP contribution in [-0.4, -0.2) is 20.9 Å². The number of thiazole rings is 1. The molecule has 33 heavy (non-hydrogen) atoms. The highest BCUT2D eigenvalue weighted by molar-refractivity contribution is 7.98. The fourth-order valence-corrected chi connectivity index (χ4v) is 4.90. The summed E-state index contributed by atoms with van der Waals surface area (Å²) in [6.07, 6.45) is 0.469. The average molecular weight is 497 g/mol. The summed E-state index contributed by atoms with van der Waals surface area (Å²) in [5, 5.41) is 6.44. The summed E-state index contributed by atoms with van der Waals surface area (Å²) in [7, 11) is 0. The van der Waals surface area contributed by atoms with Crippen molar-refractivity contribution >= 4 is 45.7 Å². The maximum absolute atomic E-state index is 12.6. The number of thioether (sulfide) groups is 1. The van der Waals surface area contributed by atoms with Gasteiger partial charge < -0.3 is 10.3 Å². The largest absolute Gasteiger partial charge is 0.302 e. The molecule has 9 heteroatoms. The normalized spacial score (nSPS) is 10.8. The number of nitrogens with one attached hydrogen (secondary N) is 2. The van der Waals surface area contributed by atoms with Gasteiger partial charge in [0.25, 0.3) is 5.56 Å². The third-order valence-electron chi connectivity index (χ3n) is 4.91. The second-order valence-corrected chi connectivity index (χ2v) is 9.56. The fraction of sp³-hybridized carbons (Fsp3) is 0.167. The van der Waals surface area contributed by atoms with Crippen molar-refractivity contribution in [3.63, 3.8) is 0 Å². The molecule has 0 saturated heterocycles. The third-order valence-corrected chi connectivity index (χ3v) is 6.87. The zero-order chi connectivity index (χ0) is 23.2. The number of aromatic amines is 1. The number of benzene rings is 2. The van der Waals surface area contributed by atoms with Crippen LogP contribution in [0.25, 0.3) is 11.3 Å². The minimum atomic E-state index is -0.204. The molecular formula is C24H21ClN4O2S2. The molecule has 0 bridgehead atoms. The molecule has 0 aliphatic heterocycles. The maximum atomic E-state index is 12.6. The van der Waals surface area contributed by atoms with Gasteiger partial charge in [-0.3, -0.25) is 9.59 Å². The van der Waals surface area contributed by atoms with Crippen LogP contribution in [-0.2, 0) is 17.0 Å². The molecular weight excluding hydrogens is 476 g/mol. The Hall–Kier alpha value is -2.94. The third kappa shape index (κ3) is 6.31. The van der Waals surface area contributed by atoms with Crippen molar-refractivity contribution in [1.29, 1.82) is 0 Å². The minimum absolute atomic E-state index is 0.165. The summed E-state index contributed by atoms with van der Waals surface area (Å²) >= 11 is 8.75. The monoisotopic (exact) mass is 496 g/mol. The Labute approximate surface area is 204 Å². The highest BCUT2D eigenvalue weighted by Crippen LogP contribution is 2.26. The van der Waals surface area contributed by atoms with E-state index in [2.05, 4.69) is 20.3 Å². The lowest BCUT2D eigenvalue weighted by Gasteiger charge is -2.07. The molecule has 2 aromatic heterocycles. The predicted molar refractivity (Wildman–Crippen MR) is 135 cm³/mol. The highest BCUT2D eigenvalue weighted by Gasteiger charge is 2.13. The van der Waals surface area contributed by atoms with E-state index in [4.69, 9.17) is 11.6 Å². The lowest BCUT2D eigenvalue weighted by Crippen LogP contribution is -2.20. The molecule has 0 unspecified atom stereocenters. The molecule has 0 saturated carbocycles. The van der Waals surface area contributed by atoms with Crippen molar-refractivity contribution in [2.75, 3.05) is 5.32 Å². The Morgan fingerprint density at radius 1 is 1.12 bits per heavy atom. The molecule has 0 aliphatic rings. The molecule has 2 heterocycles. The van der Waals surface area contributed by atoms with E-state index < -0.39 is 0 Å². The van der Waals surface area contributed by atoms with E-state index in [9.17, 15) is 9.59 Å². The first-order valence-corrected chi connectivity index (χ1v) is 12.5. The van der Waals surface area contributed by atoms with E-state index in [-0.39, 0.29) is 17.9 Å². The predicted octanol–water partition coefficient (Wildman–Crippen LogP) is 5.72. The first-order valence-electron chi connectivity index (χ1n) is 10.3. The van der Waals surface area contributed by atoms with Gasteiger partial charge in [-0.1, -0.05) is 65.8 Å². The highest BCUT2D eigenvalue weighted by atomic mass is 35.5. The Morgan fingerprint density at radius 3 is 2.61 bits per heavy atom. The fourth-order valence-electron chi connectivity index (χ4n) is 3.18. The summed E-state index contributed by atoms with van der Waals surface area (Å²) < 4.78 is 0. The average Bonchev–Trinajstić information content (AvgIpc) is 3.26. The number of hydrogen-bond acceptors (Lipinski definition) is 6. The van der Waals surface area contributed by atoms with Gasteiger partial charge in [-0.15, -0.1) is 11.3 Å². The van der Waals surface area contributed by atoms with Crippen molar-refractivity contribution in [2.24, 2.45) is 0 Å². The number of H-pyrrole nitrogens is 1. The van der Waals surface area contributed by atoms with E-state index >= 15 is 0 Å². The van der Waals surface area contributed by atoms with Gasteiger partial charge in [-0.05, 0) is 31.0 Å². The van der Waals surface area contributed by atoms with Crippen molar-refractivity contribution in [1.82, 2.24) is 15.0 Å². The van der Waals surface area contributed by atoms with Crippen LogP contribution in [0.5, 0.6) is 0 Å². The van der Waals surface area contributed by atoms with E-state index in [1.54, 1.807) is 19.1 Å². The number of aryl methyl sites for hydroxylation is 1. The number of hydrogen-bond donors (Lipinski definition) is 2. The Bertz CT molecular complexity index is 1300. The molecule has 0 aliphatic carbocycles. The van der Waals surface area contributed by atoms with Gasteiger partial charge in [0.05, 0.1) is 5.69 Å². The van der Waals surface area contributed by atoms with Gasteiger partial charge in [0.15, 0.2) is 10.3 Å². The smallest absolute Gasteiger partial charge is 0.254 e. The van der Waals surface area contributed by atoms with Crippen molar-refractivity contribution in [3.05, 3.63) is 92.2 Å². The zero-order valence-electron chi connectivity index (χ0n) is 17.8. The molecule has 1 amide bonds. The van der Waals surface area contributed by atoms with Crippen LogP contribution in [0.4, 0.5) is 5.13 Å². The van der Waals surface area contributed by atoms with Gasteiger partial charge in [0.2, 0.25) is 5.91 Å². The van der Waals surface area contributed by atoms with Gasteiger partial charge in [0.1, 0.15) is 0 Å². The van der Waals surface area contributed by atoms with Crippen molar-refractivity contribution in [3.8, 4) is 11.3 Å². The second-order valence-electron chi connectivity index (χ2n) is 7.30. The number of carbonyl (C=O) groups is 1. The molecule has 4 rings (SSSR count). The first-order chi connectivity index (χ1) is 16.0. The Morgan fingerprint density at radius 2 is 1.88 bits per heavy atom. The zero-order valence-corrected chi connectivity index (χ0v) is 20.2. The van der Waals surface area contributed by atoms with Crippen LogP contribution in [0.3, 0.4) is 0 Å². The molecule has 0 atom stereocenters. The number of aromatic nitrogens is 3. The van der Waals surface area contributed by atoms with E-state index in [1.807, 2.05) is 47.8 Å². The number of anilines is 1. The summed E-state index contributed by atoms with van der Waals surface area (Å²) in [4.78, 5) is 36.8. The summed E-state index contributed by atoms with van der Waals surface area (Å²) in [6.45, 7) is 1.80. The van der Waals surface area contributed by atoms with Crippen LogP contribution in [0.1, 0.15) is 23.2 Å². The minimum Gasteiger partial charge on any atom is -0.302 e. The number of carbonyl (C=O) groups excluding carboxylic acids is 1. The first kappa shape index (κ1) is 23.2. The second kappa shape index (κ2) is 10.8. The molecule has 2 N–H and O–H groups in total. The van der Waals surface area contributed by atoms with Crippen LogP contribution >= 0.6 is 34.7 Å². The molecule has 6 nitrogen and oxygen atoms in total. The summed E-state index contributed by atoms with van der Waals surface area (Å²) in [6, 6.07) is 17.4. The summed E-state index contributed by atoms with van der Waals surface area (Å²) in [5.41, 5.74) is 3.81. The molecule has 2 aromatic carbocycles. The lowest BCUT2D eigenvalue weighted by molar-refractivity contribution is -0.116. The van der Waals surface area contributed by atoms with Gasteiger partial charge in [-0.25, -0.2) is 9.97 Å². The topological polar surface area (TPSA) is 87.7 Å². The molecule has 0 fully saturated rings. The van der Waals surface area contributed by atoms with Crippen LogP contribution in [0.2, 0.25) is 5.02 Å². The molecule has 4 aromatic rings. The van der Waals surface area contributed by atoms with E-state index in [1.165, 1.54) is 23.1 Å². The van der Waals surface area contributed by atoms with Crippen LogP contribution in [0, 0.1) is 6.92 Å². The van der Waals surface area contributed by atoms with Crippen LogP contribution in [0.15, 0.2) is 69.9 Å². The van der Waals surface area contributed by atoms with Crippen LogP contribution < -0.4 is 10.9 Å². The van der Waals surface area contributed by atoms with Crippen molar-refractivity contribution in [2.45, 2.75) is 30.7 Å². The number of nitrogens with zero attached hydrogens (tertiary/aromatic N) is 2. The molecule has 0 radical (unpaired) electrons. The Kier molecular flexibility index (Phi) is 7.59.